The molecule has 4 nitrogen and oxygen atoms in total. The molecule has 0 aliphatic heterocycles. The fourth-order valence-electron chi connectivity index (χ4n) is 1.26. The molecule has 0 aromatic heterocycles. The van der Waals surface area contributed by atoms with Crippen LogP contribution in [0.2, 0.25) is 0 Å². The van der Waals surface area contributed by atoms with E-state index in [1.54, 1.807) is 24.3 Å². The molecule has 4 heteroatoms. The van der Waals surface area contributed by atoms with Crippen LogP contribution in [0.1, 0.15) is 27.2 Å². The summed E-state index contributed by atoms with van der Waals surface area (Å²) in [6.45, 7) is 5.99. The van der Waals surface area contributed by atoms with Gasteiger partial charge in [-0.2, -0.15) is 0 Å². The number of amides is 1. The lowest BCUT2D eigenvalue weighted by Gasteiger charge is -2.24. The molecular weight excluding hydrogens is 216 g/mol. The largest absolute Gasteiger partial charge is 0.484 e. The van der Waals surface area contributed by atoms with Crippen molar-refractivity contribution in [3.05, 3.63) is 24.3 Å². The number of carbonyl (C=O) groups excluding carboxylic acids is 1. The lowest BCUT2D eigenvalue weighted by molar-refractivity contribution is -0.124. The van der Waals surface area contributed by atoms with E-state index in [-0.39, 0.29) is 18.1 Å². The van der Waals surface area contributed by atoms with Crippen LogP contribution in [0, 0.1) is 0 Å². The highest BCUT2D eigenvalue weighted by molar-refractivity contribution is 5.78. The van der Waals surface area contributed by atoms with Gasteiger partial charge in [-0.15, -0.1) is 0 Å². The number of benzene rings is 1. The van der Waals surface area contributed by atoms with E-state index in [0.29, 0.717) is 11.4 Å². The third-order valence-corrected chi connectivity index (χ3v) is 2.59. The number of hydrogen-bond donors (Lipinski definition) is 2. The molecule has 1 aromatic rings. The summed E-state index contributed by atoms with van der Waals surface area (Å²) in [7, 11) is 0. The van der Waals surface area contributed by atoms with Crippen LogP contribution in [0.4, 0.5) is 5.69 Å². The van der Waals surface area contributed by atoms with E-state index < -0.39 is 0 Å². The summed E-state index contributed by atoms with van der Waals surface area (Å²) in [5, 5.41) is 2.90. The highest BCUT2D eigenvalue weighted by Crippen LogP contribution is 2.14. The second-order valence-electron chi connectivity index (χ2n) is 4.65. The van der Waals surface area contributed by atoms with Crippen molar-refractivity contribution in [2.45, 2.75) is 32.7 Å². The van der Waals surface area contributed by atoms with Crippen LogP contribution in [0.3, 0.4) is 0 Å². The molecule has 1 amide bonds. The number of hydrogen-bond acceptors (Lipinski definition) is 3. The zero-order valence-electron chi connectivity index (χ0n) is 10.6. The maximum atomic E-state index is 11.6. The summed E-state index contributed by atoms with van der Waals surface area (Å²) in [5.74, 6) is 0.480. The molecule has 0 saturated heterocycles. The van der Waals surface area contributed by atoms with Crippen molar-refractivity contribution in [3.8, 4) is 5.75 Å². The van der Waals surface area contributed by atoms with Crippen LogP contribution >= 0.6 is 0 Å². The Labute approximate surface area is 102 Å². The summed E-state index contributed by atoms with van der Waals surface area (Å²) in [6, 6.07) is 7.03. The van der Waals surface area contributed by atoms with Crippen molar-refractivity contribution in [3.63, 3.8) is 0 Å². The predicted molar refractivity (Wildman–Crippen MR) is 68.9 cm³/mol. The second kappa shape index (κ2) is 5.57. The number of carbonyl (C=O) groups is 1. The standard InChI is InChI=1S/C13H20N2O2/c1-4-13(2,3)15-12(16)9-17-11-7-5-6-10(14)8-11/h5-8H,4,9,14H2,1-3H3,(H,15,16). The molecule has 0 atom stereocenters. The van der Waals surface area contributed by atoms with Gasteiger partial charge in [0.25, 0.3) is 5.91 Å². The van der Waals surface area contributed by atoms with E-state index in [0.717, 1.165) is 6.42 Å². The molecule has 94 valence electrons. The van der Waals surface area contributed by atoms with Crippen molar-refractivity contribution in [2.75, 3.05) is 12.3 Å². The zero-order chi connectivity index (χ0) is 12.9. The first kappa shape index (κ1) is 13.4. The topological polar surface area (TPSA) is 64.3 Å². The van der Waals surface area contributed by atoms with E-state index in [1.165, 1.54) is 0 Å². The zero-order valence-corrected chi connectivity index (χ0v) is 10.6. The van der Waals surface area contributed by atoms with Gasteiger partial charge >= 0.3 is 0 Å². The number of ether oxygens (including phenoxy) is 1. The van der Waals surface area contributed by atoms with E-state index in [9.17, 15) is 4.79 Å². The van der Waals surface area contributed by atoms with E-state index in [2.05, 4.69) is 5.32 Å². The average molecular weight is 236 g/mol. The lowest BCUT2D eigenvalue weighted by Crippen LogP contribution is -2.44. The van der Waals surface area contributed by atoms with Crippen molar-refractivity contribution in [1.29, 1.82) is 0 Å². The SMILES string of the molecule is CCC(C)(C)NC(=O)COc1cccc(N)c1. The third-order valence-electron chi connectivity index (χ3n) is 2.59. The molecule has 0 bridgehead atoms. The quantitative estimate of drug-likeness (QED) is 0.768. The molecule has 0 unspecified atom stereocenters. The van der Waals surface area contributed by atoms with Gasteiger partial charge in [-0.05, 0) is 32.4 Å². The van der Waals surface area contributed by atoms with Gasteiger partial charge < -0.3 is 15.8 Å². The molecular formula is C13H20N2O2. The summed E-state index contributed by atoms with van der Waals surface area (Å²) < 4.78 is 5.35. The normalized spacial score (nSPS) is 11.0. The molecule has 3 N–H and O–H groups in total. The molecule has 0 radical (unpaired) electrons. The second-order valence-corrected chi connectivity index (χ2v) is 4.65. The number of rotatable bonds is 5. The molecule has 0 fully saturated rings. The number of nitrogens with one attached hydrogen (secondary N) is 1. The Kier molecular flexibility index (Phi) is 4.37. The van der Waals surface area contributed by atoms with Crippen molar-refractivity contribution < 1.29 is 9.53 Å². The molecule has 1 rings (SSSR count). The molecule has 0 aliphatic carbocycles. The molecule has 0 spiro atoms. The minimum Gasteiger partial charge on any atom is -0.484 e. The lowest BCUT2D eigenvalue weighted by atomic mass is 10.0. The van der Waals surface area contributed by atoms with Crippen LogP contribution in [0.5, 0.6) is 5.75 Å². The van der Waals surface area contributed by atoms with Crippen LogP contribution < -0.4 is 15.8 Å². The monoisotopic (exact) mass is 236 g/mol. The van der Waals surface area contributed by atoms with E-state index in [1.807, 2.05) is 20.8 Å². The van der Waals surface area contributed by atoms with Gasteiger partial charge in [0.1, 0.15) is 5.75 Å². The smallest absolute Gasteiger partial charge is 0.258 e. The molecule has 0 saturated carbocycles. The van der Waals surface area contributed by atoms with Crippen LogP contribution in [0.15, 0.2) is 24.3 Å². The van der Waals surface area contributed by atoms with Crippen LogP contribution in [-0.2, 0) is 4.79 Å². The Morgan fingerprint density at radius 1 is 1.47 bits per heavy atom. The Balaban J connectivity index is 2.44. The summed E-state index contributed by atoms with van der Waals surface area (Å²) in [5.41, 5.74) is 6.03. The Hall–Kier alpha value is -1.71. The third kappa shape index (κ3) is 4.76. The van der Waals surface area contributed by atoms with Gasteiger partial charge in [-0.3, -0.25) is 4.79 Å². The van der Waals surface area contributed by atoms with Crippen molar-refractivity contribution in [2.24, 2.45) is 0 Å². The number of anilines is 1. The minimum atomic E-state index is -0.198. The molecule has 17 heavy (non-hydrogen) atoms. The van der Waals surface area contributed by atoms with Crippen molar-refractivity contribution in [1.82, 2.24) is 5.32 Å². The van der Waals surface area contributed by atoms with Gasteiger partial charge in [-0.1, -0.05) is 13.0 Å². The number of nitrogen functional groups attached to an aromatic ring is 1. The fourth-order valence-corrected chi connectivity index (χ4v) is 1.26. The summed E-state index contributed by atoms with van der Waals surface area (Å²) >= 11 is 0. The van der Waals surface area contributed by atoms with Gasteiger partial charge in [0.05, 0.1) is 0 Å². The van der Waals surface area contributed by atoms with Gasteiger partial charge in [-0.25, -0.2) is 0 Å². The maximum Gasteiger partial charge on any atom is 0.258 e. The van der Waals surface area contributed by atoms with E-state index >= 15 is 0 Å². The summed E-state index contributed by atoms with van der Waals surface area (Å²) in [4.78, 5) is 11.6. The highest BCUT2D eigenvalue weighted by Gasteiger charge is 2.17. The van der Waals surface area contributed by atoms with Gasteiger partial charge in [0, 0.05) is 17.3 Å². The van der Waals surface area contributed by atoms with Crippen LogP contribution in [-0.4, -0.2) is 18.1 Å². The number of nitrogens with two attached hydrogens (primary N) is 1. The summed E-state index contributed by atoms with van der Waals surface area (Å²) in [6.07, 6.45) is 0.872. The first-order chi connectivity index (χ1) is 7.93. The maximum absolute atomic E-state index is 11.6. The molecule has 0 heterocycles. The first-order valence-corrected chi connectivity index (χ1v) is 5.72. The average Bonchev–Trinajstić information content (AvgIpc) is 2.26. The van der Waals surface area contributed by atoms with Crippen LogP contribution in [0.25, 0.3) is 0 Å². The van der Waals surface area contributed by atoms with Gasteiger partial charge in [0.2, 0.25) is 0 Å². The fraction of sp³-hybridized carbons (Fsp3) is 0.462. The minimum absolute atomic E-state index is 0.00683. The Morgan fingerprint density at radius 3 is 2.76 bits per heavy atom. The van der Waals surface area contributed by atoms with Gasteiger partial charge in [0.15, 0.2) is 6.61 Å². The Morgan fingerprint density at radius 2 is 2.18 bits per heavy atom. The van der Waals surface area contributed by atoms with Crippen molar-refractivity contribution >= 4 is 11.6 Å². The molecule has 1 aromatic carbocycles. The molecule has 0 aliphatic rings. The predicted octanol–water partition coefficient (Wildman–Crippen LogP) is 1.95. The highest BCUT2D eigenvalue weighted by atomic mass is 16.5. The Bertz CT molecular complexity index is 389. The van der Waals surface area contributed by atoms with E-state index in [4.69, 9.17) is 10.5 Å². The first-order valence-electron chi connectivity index (χ1n) is 5.72.